The van der Waals surface area contributed by atoms with Gasteiger partial charge in [0.1, 0.15) is 17.1 Å². The molecule has 1 saturated carbocycles. The van der Waals surface area contributed by atoms with E-state index in [2.05, 4.69) is 70.3 Å². The van der Waals surface area contributed by atoms with Gasteiger partial charge in [0.15, 0.2) is 0 Å². The average molecular weight is 681 g/mol. The second-order valence-electron chi connectivity index (χ2n) is 13.4. The van der Waals surface area contributed by atoms with E-state index >= 15 is 0 Å². The lowest BCUT2D eigenvalue weighted by molar-refractivity contribution is 0.0982. The quantitative estimate of drug-likeness (QED) is 0.161. The number of methoxy groups -OCH3 is 1. The summed E-state index contributed by atoms with van der Waals surface area (Å²) in [7, 11) is 5.99. The molecule has 2 aromatic heterocycles. The molecule has 0 amide bonds. The summed E-state index contributed by atoms with van der Waals surface area (Å²) in [5, 5.41) is 7.06. The SMILES string of the molecule is C=Cc1cnc(Nc2cc(CC3CC3)c(N3CCC(N4CCN(C)CC4)CC3)cc2OC)nc1Nc1ccc2nccnc2c1N(C)SC. The van der Waals surface area contributed by atoms with E-state index in [1.54, 1.807) is 43.7 Å². The van der Waals surface area contributed by atoms with E-state index in [4.69, 9.17) is 9.72 Å². The Morgan fingerprint density at radius 3 is 2.47 bits per heavy atom. The second-order valence-corrected chi connectivity index (χ2v) is 14.3. The van der Waals surface area contributed by atoms with Gasteiger partial charge in [0.2, 0.25) is 5.95 Å². The summed E-state index contributed by atoms with van der Waals surface area (Å²) in [5.41, 5.74) is 7.77. The van der Waals surface area contributed by atoms with E-state index in [1.807, 2.05) is 25.4 Å². The third-order valence-electron chi connectivity index (χ3n) is 10.2. The van der Waals surface area contributed by atoms with Crippen LogP contribution < -0.4 is 24.6 Å². The molecule has 1 aliphatic carbocycles. The van der Waals surface area contributed by atoms with Crippen molar-refractivity contribution in [1.29, 1.82) is 0 Å². The Labute approximate surface area is 294 Å². The third-order valence-corrected chi connectivity index (χ3v) is 10.9. The van der Waals surface area contributed by atoms with Crippen LogP contribution in [0, 0.1) is 5.92 Å². The summed E-state index contributed by atoms with van der Waals surface area (Å²) in [6.45, 7) is 10.9. The molecule has 3 aliphatic rings. The molecule has 0 atom stereocenters. The fourth-order valence-corrected chi connectivity index (χ4v) is 7.48. The second kappa shape index (κ2) is 14.8. The molecule has 2 aromatic carbocycles. The zero-order valence-corrected chi connectivity index (χ0v) is 30.0. The van der Waals surface area contributed by atoms with Gasteiger partial charge in [-0.15, -0.1) is 0 Å². The van der Waals surface area contributed by atoms with Crippen LogP contribution in [0.3, 0.4) is 0 Å². The zero-order valence-electron chi connectivity index (χ0n) is 29.2. The zero-order chi connectivity index (χ0) is 33.9. The number of nitrogens with zero attached hydrogens (tertiary/aromatic N) is 8. The van der Waals surface area contributed by atoms with Crippen molar-refractivity contribution in [3.05, 3.63) is 60.6 Å². The molecular weight excluding hydrogens is 633 g/mol. The molecule has 3 fully saturated rings. The van der Waals surface area contributed by atoms with Crippen molar-refractivity contribution >= 4 is 63.6 Å². The minimum atomic E-state index is 0.477. The van der Waals surface area contributed by atoms with Crippen molar-refractivity contribution < 1.29 is 4.74 Å². The normalized spacial score (nSPS) is 17.7. The van der Waals surface area contributed by atoms with Gasteiger partial charge in [0.25, 0.3) is 0 Å². The number of aromatic nitrogens is 4. The van der Waals surface area contributed by atoms with Gasteiger partial charge in [0.05, 0.1) is 29.7 Å². The molecule has 7 rings (SSSR count). The van der Waals surface area contributed by atoms with Crippen LogP contribution in [0.4, 0.5) is 34.5 Å². The van der Waals surface area contributed by atoms with E-state index in [1.165, 1.54) is 63.1 Å². The predicted molar refractivity (Wildman–Crippen MR) is 204 cm³/mol. The van der Waals surface area contributed by atoms with Crippen molar-refractivity contribution in [3.63, 3.8) is 0 Å². The number of hydrogen-bond acceptors (Lipinski definition) is 12. The molecule has 4 heterocycles. The highest BCUT2D eigenvalue weighted by Gasteiger charge is 2.30. The maximum Gasteiger partial charge on any atom is 0.229 e. The van der Waals surface area contributed by atoms with Gasteiger partial charge in [-0.25, -0.2) is 4.98 Å². The highest BCUT2D eigenvalue weighted by Crippen LogP contribution is 2.42. The molecule has 0 unspecified atom stereocenters. The van der Waals surface area contributed by atoms with Crippen LogP contribution in [0.25, 0.3) is 17.1 Å². The van der Waals surface area contributed by atoms with E-state index in [0.29, 0.717) is 17.8 Å². The Bertz CT molecular complexity index is 1780. The number of rotatable bonds is 12. The van der Waals surface area contributed by atoms with Crippen LogP contribution >= 0.6 is 11.9 Å². The van der Waals surface area contributed by atoms with Crippen molar-refractivity contribution in [2.24, 2.45) is 5.92 Å². The van der Waals surface area contributed by atoms with Crippen LogP contribution in [-0.4, -0.2) is 103 Å². The molecule has 0 radical (unpaired) electrons. The van der Waals surface area contributed by atoms with E-state index in [9.17, 15) is 0 Å². The Morgan fingerprint density at radius 1 is 0.980 bits per heavy atom. The molecule has 258 valence electrons. The number of benzene rings is 2. The maximum absolute atomic E-state index is 6.01. The molecule has 49 heavy (non-hydrogen) atoms. The van der Waals surface area contributed by atoms with Crippen LogP contribution in [0.5, 0.6) is 5.75 Å². The Morgan fingerprint density at radius 2 is 1.76 bits per heavy atom. The number of nitrogens with one attached hydrogen (secondary N) is 2. The Kier molecular flexibility index (Phi) is 10.1. The lowest BCUT2D eigenvalue weighted by Gasteiger charge is -2.43. The fourth-order valence-electron chi connectivity index (χ4n) is 7.11. The summed E-state index contributed by atoms with van der Waals surface area (Å²) >= 11 is 1.60. The van der Waals surface area contributed by atoms with Gasteiger partial charge in [-0.2, -0.15) is 4.98 Å². The first kappa shape index (κ1) is 33.4. The molecule has 4 aromatic rings. The van der Waals surface area contributed by atoms with Crippen LogP contribution in [0.2, 0.25) is 0 Å². The number of fused-ring (bicyclic) bond motifs is 1. The van der Waals surface area contributed by atoms with Crippen LogP contribution in [0.1, 0.15) is 36.8 Å². The highest BCUT2D eigenvalue weighted by atomic mass is 32.2. The molecule has 0 spiro atoms. The van der Waals surface area contributed by atoms with Gasteiger partial charge in [-0.05, 0) is 68.8 Å². The Balaban J connectivity index is 1.15. The van der Waals surface area contributed by atoms with Gasteiger partial charge in [-0.3, -0.25) is 14.9 Å². The number of ether oxygens (including phenoxy) is 1. The summed E-state index contributed by atoms with van der Waals surface area (Å²) in [5.74, 6) is 2.66. The van der Waals surface area contributed by atoms with Crippen molar-refractivity contribution in [2.45, 2.75) is 38.1 Å². The lowest BCUT2D eigenvalue weighted by atomic mass is 9.98. The topological polar surface area (TPSA) is 97.8 Å². The molecule has 2 saturated heterocycles. The first-order valence-electron chi connectivity index (χ1n) is 17.4. The molecular formula is C37H48N10OS. The Hall–Kier alpha value is -4.13. The first-order valence-corrected chi connectivity index (χ1v) is 18.6. The molecule has 0 bridgehead atoms. The van der Waals surface area contributed by atoms with Gasteiger partial charge in [0, 0.05) is 94.5 Å². The van der Waals surface area contributed by atoms with Gasteiger partial charge >= 0.3 is 0 Å². The van der Waals surface area contributed by atoms with Crippen molar-refractivity contribution in [3.8, 4) is 5.75 Å². The van der Waals surface area contributed by atoms with E-state index in [0.717, 1.165) is 64.8 Å². The number of hydrogen-bond donors (Lipinski definition) is 2. The minimum Gasteiger partial charge on any atom is -0.494 e. The highest BCUT2D eigenvalue weighted by molar-refractivity contribution is 7.99. The predicted octanol–water partition coefficient (Wildman–Crippen LogP) is 6.44. The first-order chi connectivity index (χ1) is 23.9. The number of likely N-dealkylation sites (N-methyl/N-ethyl adjacent to an activating group) is 1. The summed E-state index contributed by atoms with van der Waals surface area (Å²) in [6.07, 6.45) is 15.1. The van der Waals surface area contributed by atoms with E-state index in [-0.39, 0.29) is 0 Å². The molecule has 2 aliphatic heterocycles. The van der Waals surface area contributed by atoms with Crippen molar-refractivity contribution in [1.82, 2.24) is 29.7 Å². The third kappa shape index (κ3) is 7.41. The van der Waals surface area contributed by atoms with Crippen LogP contribution in [0.15, 0.2) is 49.4 Å². The average Bonchev–Trinajstić information content (AvgIpc) is 3.96. The summed E-state index contributed by atoms with van der Waals surface area (Å²) < 4.78 is 8.09. The fraction of sp³-hybridized carbons (Fsp3) is 0.459. The molecule has 11 nitrogen and oxygen atoms in total. The summed E-state index contributed by atoms with van der Waals surface area (Å²) in [6, 6.07) is 9.16. The largest absolute Gasteiger partial charge is 0.494 e. The summed E-state index contributed by atoms with van der Waals surface area (Å²) in [4.78, 5) is 26.5. The number of piperazine rings is 1. The van der Waals surface area contributed by atoms with Crippen molar-refractivity contribution in [2.75, 3.05) is 86.6 Å². The molecule has 12 heteroatoms. The minimum absolute atomic E-state index is 0.477. The number of piperidine rings is 1. The van der Waals surface area contributed by atoms with E-state index < -0.39 is 0 Å². The monoisotopic (exact) mass is 680 g/mol. The lowest BCUT2D eigenvalue weighted by Crippen LogP contribution is -2.52. The molecule has 2 N–H and O–H groups in total. The smallest absolute Gasteiger partial charge is 0.229 e. The van der Waals surface area contributed by atoms with Gasteiger partial charge < -0.3 is 29.5 Å². The maximum atomic E-state index is 6.01. The van der Waals surface area contributed by atoms with Crippen LogP contribution in [-0.2, 0) is 6.42 Å². The number of anilines is 6. The standard InChI is InChI=1S/C37H48N10OS/c1-6-26-24-40-37(43-36(26)41-30-10-9-29-34(39-14-13-38-29)35(30)45(3)49-5)42-31-22-27(21-25-7-8-25)32(23-33(31)48-4)47-15-11-28(12-16-47)46-19-17-44(2)18-20-46/h6,9-10,13-14,22-25,28H,1,7-8,11-12,15-21H2,2-5H3,(H2,40,41,42,43). The van der Waals surface area contributed by atoms with Gasteiger partial charge in [-0.1, -0.05) is 24.6 Å².